The van der Waals surface area contributed by atoms with Crippen LogP contribution in [-0.2, 0) is 52.4 Å². The van der Waals surface area contributed by atoms with Crippen molar-refractivity contribution in [2.75, 3.05) is 78.9 Å². The number of Topliss-reactive ketones (excluding diaryl/α,β-unsaturated/α-hetero) is 1. The van der Waals surface area contributed by atoms with Gasteiger partial charge in [-0.15, -0.1) is 0 Å². The van der Waals surface area contributed by atoms with Crippen LogP contribution >= 0.6 is 0 Å². The van der Waals surface area contributed by atoms with Gasteiger partial charge in [-0.05, 0) is 70.8 Å². The predicted octanol–water partition coefficient (Wildman–Crippen LogP) is -5.95. The average molecular weight is 1050 g/mol. The SMILES string of the molecule is O=C(CCCCOC1OC(CO)C(O)[C@@H](O)C1O)CNCCCN(CCCNC(=O)CCCCOC1OC(CO)C(O)C(O)C1O)C(=O)CCCCNOC(=O)CCCCOC1OC(CO)C(O)C(O)C1O. The molecule has 0 aromatic heterocycles. The van der Waals surface area contributed by atoms with Gasteiger partial charge in [-0.2, -0.15) is 5.48 Å². The maximum absolute atomic E-state index is 13.3. The van der Waals surface area contributed by atoms with E-state index in [1.807, 2.05) is 0 Å². The Morgan fingerprint density at radius 3 is 1.36 bits per heavy atom. The van der Waals surface area contributed by atoms with E-state index in [2.05, 4.69) is 16.1 Å². The van der Waals surface area contributed by atoms with E-state index in [0.29, 0.717) is 90.4 Å². The van der Waals surface area contributed by atoms with E-state index in [0.717, 1.165) is 0 Å². The third-order valence-corrected chi connectivity index (χ3v) is 12.3. The van der Waals surface area contributed by atoms with Crippen molar-refractivity contribution in [3.8, 4) is 0 Å². The van der Waals surface area contributed by atoms with Gasteiger partial charge in [-0.1, -0.05) is 0 Å². The molecular formula is C45H82N4O23. The number of aliphatic hydroxyl groups is 12. The topological polar surface area (TPSA) is 415 Å². The molecule has 0 aromatic rings. The quantitative estimate of drug-likeness (QED) is 0.0203. The van der Waals surface area contributed by atoms with E-state index in [4.69, 9.17) is 33.3 Å². The van der Waals surface area contributed by atoms with E-state index in [9.17, 15) is 80.5 Å². The number of aliphatic hydroxyl groups excluding tert-OH is 12. The summed E-state index contributed by atoms with van der Waals surface area (Å²) in [5.41, 5.74) is 2.60. The second kappa shape index (κ2) is 35.5. The highest BCUT2D eigenvalue weighted by molar-refractivity contribution is 5.80. The molecule has 420 valence electrons. The number of ketones is 1. The van der Waals surface area contributed by atoms with E-state index < -0.39 is 118 Å². The molecule has 3 rings (SSSR count). The van der Waals surface area contributed by atoms with Crippen molar-refractivity contribution in [2.24, 2.45) is 0 Å². The third-order valence-electron chi connectivity index (χ3n) is 12.3. The summed E-state index contributed by atoms with van der Waals surface area (Å²) in [6, 6.07) is 0. The van der Waals surface area contributed by atoms with Gasteiger partial charge in [0.25, 0.3) is 0 Å². The third kappa shape index (κ3) is 22.2. The van der Waals surface area contributed by atoms with Crippen LogP contribution in [0, 0.1) is 0 Å². The van der Waals surface area contributed by atoms with E-state index in [-0.39, 0.29) is 76.2 Å². The smallest absolute Gasteiger partial charge is 0.324 e. The summed E-state index contributed by atoms with van der Waals surface area (Å²) in [4.78, 5) is 57.3. The van der Waals surface area contributed by atoms with Crippen molar-refractivity contribution < 1.29 is 114 Å². The molecule has 0 radical (unpaired) electrons. The molecule has 27 nitrogen and oxygen atoms in total. The molecule has 3 aliphatic rings. The van der Waals surface area contributed by atoms with Crippen molar-refractivity contribution in [2.45, 2.75) is 182 Å². The molecule has 0 aromatic carbocycles. The normalized spacial score (nSPS) is 30.8. The van der Waals surface area contributed by atoms with Gasteiger partial charge in [-0.3, -0.25) is 19.2 Å². The largest absolute Gasteiger partial charge is 0.394 e. The molecule has 15 atom stereocenters. The average Bonchev–Trinajstić information content (AvgIpc) is 3.37. The van der Waals surface area contributed by atoms with Crippen LogP contribution in [0.25, 0.3) is 0 Å². The zero-order valence-corrected chi connectivity index (χ0v) is 40.8. The molecule has 0 aliphatic carbocycles. The number of carbonyl (C=O) groups is 4. The molecule has 0 bridgehead atoms. The summed E-state index contributed by atoms with van der Waals surface area (Å²) in [5, 5.41) is 124. The van der Waals surface area contributed by atoms with Crippen LogP contribution in [0.4, 0.5) is 0 Å². The van der Waals surface area contributed by atoms with Crippen molar-refractivity contribution in [1.82, 2.24) is 21.0 Å². The highest BCUT2D eigenvalue weighted by atomic mass is 16.7. The molecule has 3 fully saturated rings. The Kier molecular flexibility index (Phi) is 31.4. The highest BCUT2D eigenvalue weighted by Crippen LogP contribution is 2.25. The number of nitrogens with zero attached hydrogens (tertiary/aromatic N) is 1. The molecule has 0 spiro atoms. The molecular weight excluding hydrogens is 964 g/mol. The number of rotatable bonds is 37. The van der Waals surface area contributed by atoms with E-state index in [1.165, 1.54) is 0 Å². The van der Waals surface area contributed by atoms with Crippen LogP contribution in [0.5, 0.6) is 0 Å². The first-order valence-electron chi connectivity index (χ1n) is 25.0. The second-order valence-corrected chi connectivity index (χ2v) is 18.1. The fraction of sp³-hybridized carbons (Fsp3) is 0.911. The Hall–Kier alpha value is -2.72. The van der Waals surface area contributed by atoms with Gasteiger partial charge in [-0.25, -0.2) is 0 Å². The van der Waals surface area contributed by atoms with E-state index >= 15 is 0 Å². The number of hydrogen-bond acceptors (Lipinski definition) is 25. The van der Waals surface area contributed by atoms with Gasteiger partial charge in [0, 0.05) is 71.7 Å². The van der Waals surface area contributed by atoms with Crippen LogP contribution in [0.1, 0.15) is 89.9 Å². The lowest BCUT2D eigenvalue weighted by molar-refractivity contribution is -0.301. The summed E-state index contributed by atoms with van der Waals surface area (Å²) >= 11 is 0. The van der Waals surface area contributed by atoms with Gasteiger partial charge < -0.3 is 110 Å². The minimum atomic E-state index is -1.56. The van der Waals surface area contributed by atoms with Crippen LogP contribution in [0.15, 0.2) is 0 Å². The van der Waals surface area contributed by atoms with Crippen molar-refractivity contribution in [1.29, 1.82) is 0 Å². The van der Waals surface area contributed by atoms with Crippen molar-refractivity contribution >= 4 is 23.6 Å². The summed E-state index contributed by atoms with van der Waals surface area (Å²) in [7, 11) is 0. The van der Waals surface area contributed by atoms with Gasteiger partial charge in [0.15, 0.2) is 18.9 Å². The number of unbranched alkanes of at least 4 members (excludes halogenated alkanes) is 4. The number of amides is 2. The van der Waals surface area contributed by atoms with Crippen molar-refractivity contribution in [3.63, 3.8) is 0 Å². The molecule has 14 unspecified atom stereocenters. The number of hydrogen-bond donors (Lipinski definition) is 15. The van der Waals surface area contributed by atoms with Crippen molar-refractivity contribution in [3.05, 3.63) is 0 Å². The Morgan fingerprint density at radius 2 is 0.889 bits per heavy atom. The fourth-order valence-electron chi connectivity index (χ4n) is 7.87. The first-order chi connectivity index (χ1) is 34.5. The Labute approximate surface area is 418 Å². The Morgan fingerprint density at radius 1 is 0.458 bits per heavy atom. The maximum Gasteiger partial charge on any atom is 0.324 e. The van der Waals surface area contributed by atoms with Gasteiger partial charge in [0.1, 0.15) is 79.0 Å². The second-order valence-electron chi connectivity index (χ2n) is 18.1. The lowest BCUT2D eigenvalue weighted by atomic mass is 9.99. The zero-order valence-electron chi connectivity index (χ0n) is 40.8. The van der Waals surface area contributed by atoms with E-state index in [1.54, 1.807) is 4.90 Å². The number of hydroxylamine groups is 1. The molecule has 3 heterocycles. The molecule has 2 amide bonds. The minimum Gasteiger partial charge on any atom is -0.394 e. The minimum absolute atomic E-state index is 0.0492. The highest BCUT2D eigenvalue weighted by Gasteiger charge is 2.46. The molecule has 15 N–H and O–H groups in total. The zero-order chi connectivity index (χ0) is 53.0. The summed E-state index contributed by atoms with van der Waals surface area (Å²) in [6.07, 6.45) is -15.5. The fourth-order valence-corrected chi connectivity index (χ4v) is 7.87. The van der Waals surface area contributed by atoms with Crippen LogP contribution in [0.3, 0.4) is 0 Å². The summed E-state index contributed by atoms with van der Waals surface area (Å²) < 4.78 is 32.2. The molecule has 27 heteroatoms. The monoisotopic (exact) mass is 1050 g/mol. The predicted molar refractivity (Wildman–Crippen MR) is 245 cm³/mol. The lowest BCUT2D eigenvalue weighted by Crippen LogP contribution is -2.59. The Bertz CT molecular complexity index is 1520. The van der Waals surface area contributed by atoms with Crippen LogP contribution in [0.2, 0.25) is 0 Å². The standard InChI is InChI=1S/C45H82N4O23/c50-24-28-34(57)37(60)40(63)43(69-28)66-20-6-2-11-27(53)23-46-15-9-18-49(19-10-16-47-31(54)12-3-7-21-67-44-41(64)38(61)35(58)29(25-51)70-44)32(55)13-1-5-17-48-72-33(56)14-4-8-22-68-45-42(65)39(62)36(59)30(26-52)71-45/h28-30,34-46,48,50-52,57-65H,1-26H2,(H,47,54)/t28?,29?,30?,34?,35?,36?,37-,38?,39?,40?,41?,42?,43?,44?,45?/m1/s1. The van der Waals surface area contributed by atoms with Gasteiger partial charge >= 0.3 is 5.97 Å². The number of carbonyl (C=O) groups excluding carboxylic acids is 4. The number of nitrogens with one attached hydrogen (secondary N) is 3. The Balaban J connectivity index is 1.32. The number of ether oxygens (including phenoxy) is 6. The van der Waals surface area contributed by atoms with Gasteiger partial charge in [0.05, 0.1) is 26.4 Å². The van der Waals surface area contributed by atoms with Gasteiger partial charge in [0.2, 0.25) is 11.8 Å². The summed E-state index contributed by atoms with van der Waals surface area (Å²) in [5.74, 6) is -0.907. The maximum atomic E-state index is 13.3. The lowest BCUT2D eigenvalue weighted by Gasteiger charge is -2.39. The summed E-state index contributed by atoms with van der Waals surface area (Å²) in [6.45, 7) is 0.370. The van der Waals surface area contributed by atoms with Crippen LogP contribution in [-0.4, -0.2) is 261 Å². The molecule has 3 saturated heterocycles. The molecule has 72 heavy (non-hydrogen) atoms. The molecule has 0 saturated carbocycles. The molecule has 3 aliphatic heterocycles. The first kappa shape index (κ1) is 63.6. The first-order valence-corrected chi connectivity index (χ1v) is 25.0. The van der Waals surface area contributed by atoms with Crippen LogP contribution < -0.4 is 16.1 Å².